The molecule has 0 unspecified atom stereocenters. The maximum absolute atomic E-state index is 10.6. The van der Waals surface area contributed by atoms with Gasteiger partial charge in [0.2, 0.25) is 0 Å². The van der Waals surface area contributed by atoms with Crippen LogP contribution in [0.25, 0.3) is 0 Å². The molecule has 0 amide bonds. The number of piperidine rings is 1. The van der Waals surface area contributed by atoms with Crippen LogP contribution >= 0.6 is 11.3 Å². The number of thiophene rings is 1. The first-order valence-corrected chi connectivity index (χ1v) is 7.10. The van der Waals surface area contributed by atoms with Gasteiger partial charge in [-0.25, -0.2) is 0 Å². The van der Waals surface area contributed by atoms with E-state index in [1.54, 1.807) is 6.07 Å². The Morgan fingerprint density at radius 3 is 3.06 bits per heavy atom. The molecule has 0 aromatic carbocycles. The fraction of sp³-hybridized carbons (Fsp3) is 0.667. The lowest BCUT2D eigenvalue weighted by Gasteiger charge is -2.37. The highest BCUT2D eigenvalue weighted by atomic mass is 32.1. The molecule has 6 heteroatoms. The monoisotopic (exact) mass is 270 g/mol. The summed E-state index contributed by atoms with van der Waals surface area (Å²) in [7, 11) is 0. The summed E-state index contributed by atoms with van der Waals surface area (Å²) in [6.07, 6.45) is 2.94. The minimum absolute atomic E-state index is 0.178. The Kier molecular flexibility index (Phi) is 4.31. The lowest BCUT2D eigenvalue weighted by molar-refractivity contribution is -0.380. The van der Waals surface area contributed by atoms with Crippen molar-refractivity contribution in [3.05, 3.63) is 27.1 Å². The molecule has 18 heavy (non-hydrogen) atoms. The molecule has 2 rings (SSSR count). The Balaban J connectivity index is 2.03. The van der Waals surface area contributed by atoms with Crippen LogP contribution in [0.2, 0.25) is 0 Å². The van der Waals surface area contributed by atoms with Crippen LogP contribution in [0.3, 0.4) is 0 Å². The number of nitrogens with zero attached hydrogens (tertiary/aromatic N) is 2. The van der Waals surface area contributed by atoms with Crippen LogP contribution in [-0.4, -0.2) is 33.6 Å². The number of likely N-dealkylation sites (tertiary alicyclic amines) is 1. The van der Waals surface area contributed by atoms with Gasteiger partial charge in [0.05, 0.1) is 11.0 Å². The molecule has 100 valence electrons. The molecule has 1 fully saturated rings. The van der Waals surface area contributed by atoms with Gasteiger partial charge in [-0.1, -0.05) is 17.8 Å². The van der Waals surface area contributed by atoms with Crippen molar-refractivity contribution in [3.63, 3.8) is 0 Å². The van der Waals surface area contributed by atoms with Crippen molar-refractivity contribution >= 4 is 16.3 Å². The van der Waals surface area contributed by atoms with Crippen LogP contribution in [0, 0.1) is 10.1 Å². The highest BCUT2D eigenvalue weighted by Gasteiger charge is 2.26. The molecule has 1 aromatic rings. The van der Waals surface area contributed by atoms with Gasteiger partial charge in [0.25, 0.3) is 0 Å². The maximum atomic E-state index is 10.6. The molecule has 0 spiro atoms. The van der Waals surface area contributed by atoms with Crippen molar-refractivity contribution in [1.29, 1.82) is 0 Å². The molecule has 1 aromatic heterocycles. The summed E-state index contributed by atoms with van der Waals surface area (Å²) < 4.78 is 0. The van der Waals surface area contributed by atoms with Crippen molar-refractivity contribution in [2.24, 2.45) is 0 Å². The number of rotatable bonds is 4. The third kappa shape index (κ3) is 3.07. The van der Waals surface area contributed by atoms with Gasteiger partial charge in [0, 0.05) is 24.0 Å². The molecule has 1 aliphatic rings. The average molecular weight is 270 g/mol. The number of nitro groups is 1. The zero-order valence-electron chi connectivity index (χ0n) is 10.4. The predicted molar refractivity (Wildman–Crippen MR) is 70.7 cm³/mol. The fourth-order valence-corrected chi connectivity index (χ4v) is 3.26. The van der Waals surface area contributed by atoms with Crippen molar-refractivity contribution < 1.29 is 10.0 Å². The number of hydrogen-bond acceptors (Lipinski definition) is 5. The van der Waals surface area contributed by atoms with E-state index in [-0.39, 0.29) is 22.1 Å². The molecule has 0 aliphatic carbocycles. The molecule has 0 saturated carbocycles. The summed E-state index contributed by atoms with van der Waals surface area (Å²) >= 11 is 1.17. The van der Waals surface area contributed by atoms with E-state index >= 15 is 0 Å². The Morgan fingerprint density at radius 1 is 1.67 bits per heavy atom. The molecule has 1 N–H and O–H groups in total. The number of hydrogen-bond donors (Lipinski definition) is 1. The van der Waals surface area contributed by atoms with Crippen molar-refractivity contribution in [3.8, 4) is 0 Å². The van der Waals surface area contributed by atoms with Gasteiger partial charge in [0.15, 0.2) is 0 Å². The predicted octanol–water partition coefficient (Wildman–Crippen LogP) is 2.39. The second-order valence-corrected chi connectivity index (χ2v) is 5.71. The van der Waals surface area contributed by atoms with E-state index in [4.69, 9.17) is 0 Å². The first-order valence-electron chi connectivity index (χ1n) is 6.22. The quantitative estimate of drug-likeness (QED) is 0.674. The first-order chi connectivity index (χ1) is 8.58. The van der Waals surface area contributed by atoms with Crippen molar-refractivity contribution in [1.82, 2.24) is 4.90 Å². The van der Waals surface area contributed by atoms with E-state index in [0.29, 0.717) is 6.54 Å². The molecule has 2 atom stereocenters. The van der Waals surface area contributed by atoms with Crippen LogP contribution in [0.1, 0.15) is 31.7 Å². The Labute approximate surface area is 110 Å². The summed E-state index contributed by atoms with van der Waals surface area (Å²) in [4.78, 5) is 12.5. The second kappa shape index (κ2) is 5.77. The van der Waals surface area contributed by atoms with E-state index in [1.165, 1.54) is 11.3 Å². The fourth-order valence-electron chi connectivity index (χ4n) is 2.54. The topological polar surface area (TPSA) is 66.6 Å². The Morgan fingerprint density at radius 2 is 2.44 bits per heavy atom. The normalized spacial score (nSPS) is 22.9. The summed E-state index contributed by atoms with van der Waals surface area (Å²) in [6.45, 7) is 3.47. The van der Waals surface area contributed by atoms with Gasteiger partial charge < -0.3 is 5.11 Å². The Bertz CT molecular complexity index is 419. The van der Waals surface area contributed by atoms with Gasteiger partial charge in [-0.2, -0.15) is 0 Å². The zero-order valence-corrected chi connectivity index (χ0v) is 11.2. The molecular weight excluding hydrogens is 252 g/mol. The van der Waals surface area contributed by atoms with Gasteiger partial charge in [-0.15, -0.1) is 0 Å². The molecule has 0 radical (unpaired) electrons. The van der Waals surface area contributed by atoms with Crippen LogP contribution < -0.4 is 0 Å². The SMILES string of the molecule is C[C@H](O)[C@@H]1CCCCN1Cc1csc([N+](=O)[O-])c1. The Hall–Kier alpha value is -0.980. The van der Waals surface area contributed by atoms with E-state index < -0.39 is 0 Å². The standard InChI is InChI=1S/C12H18N2O3S/c1-9(15)11-4-2-3-5-13(11)7-10-6-12(14(16)17)18-8-10/h6,8-9,11,15H,2-5,7H2,1H3/t9-,11-/m0/s1. The van der Waals surface area contributed by atoms with E-state index in [2.05, 4.69) is 4.90 Å². The maximum Gasteiger partial charge on any atom is 0.324 e. The first kappa shape index (κ1) is 13.5. The molecular formula is C12H18N2O3S. The summed E-state index contributed by atoms with van der Waals surface area (Å²) in [6, 6.07) is 1.82. The lowest BCUT2D eigenvalue weighted by Crippen LogP contribution is -2.45. The average Bonchev–Trinajstić information content (AvgIpc) is 2.78. The van der Waals surface area contributed by atoms with E-state index in [0.717, 1.165) is 31.4 Å². The number of aliphatic hydroxyl groups is 1. The highest BCUT2D eigenvalue weighted by Crippen LogP contribution is 2.27. The minimum atomic E-state index is -0.351. The molecule has 1 aliphatic heterocycles. The van der Waals surface area contributed by atoms with Crippen LogP contribution in [-0.2, 0) is 6.54 Å². The van der Waals surface area contributed by atoms with Crippen LogP contribution in [0.4, 0.5) is 5.00 Å². The molecule has 1 saturated heterocycles. The van der Waals surface area contributed by atoms with E-state index in [1.807, 2.05) is 12.3 Å². The largest absolute Gasteiger partial charge is 0.392 e. The third-order valence-corrected chi connectivity index (χ3v) is 4.36. The van der Waals surface area contributed by atoms with Crippen molar-refractivity contribution in [2.45, 2.75) is 44.9 Å². The molecule has 2 heterocycles. The minimum Gasteiger partial charge on any atom is -0.392 e. The van der Waals surface area contributed by atoms with Gasteiger partial charge >= 0.3 is 5.00 Å². The number of aliphatic hydroxyl groups excluding tert-OH is 1. The highest BCUT2D eigenvalue weighted by molar-refractivity contribution is 7.13. The van der Waals surface area contributed by atoms with Gasteiger partial charge in [0.1, 0.15) is 0 Å². The molecule has 0 bridgehead atoms. The van der Waals surface area contributed by atoms with E-state index in [9.17, 15) is 15.2 Å². The van der Waals surface area contributed by atoms with Gasteiger partial charge in [-0.05, 0) is 31.9 Å². The van der Waals surface area contributed by atoms with Gasteiger partial charge in [-0.3, -0.25) is 15.0 Å². The molecule has 5 nitrogen and oxygen atoms in total. The third-order valence-electron chi connectivity index (χ3n) is 3.43. The lowest BCUT2D eigenvalue weighted by atomic mass is 9.98. The second-order valence-electron chi connectivity index (χ2n) is 4.82. The van der Waals surface area contributed by atoms with Crippen LogP contribution in [0.5, 0.6) is 0 Å². The van der Waals surface area contributed by atoms with Crippen molar-refractivity contribution in [2.75, 3.05) is 6.54 Å². The zero-order chi connectivity index (χ0) is 13.1. The smallest absolute Gasteiger partial charge is 0.324 e. The summed E-state index contributed by atoms with van der Waals surface area (Å²) in [5, 5.41) is 22.4. The van der Waals surface area contributed by atoms with Crippen LogP contribution in [0.15, 0.2) is 11.4 Å². The summed E-state index contributed by atoms with van der Waals surface area (Å²) in [5.41, 5.74) is 0.972. The summed E-state index contributed by atoms with van der Waals surface area (Å²) in [5.74, 6) is 0.